The summed E-state index contributed by atoms with van der Waals surface area (Å²) in [6.45, 7) is 3.78. The summed E-state index contributed by atoms with van der Waals surface area (Å²) in [7, 11) is 0. The number of hydrogen-bond acceptors (Lipinski definition) is 5. The molecule has 0 aliphatic heterocycles. The van der Waals surface area contributed by atoms with E-state index in [0.717, 1.165) is 12.1 Å². The number of rotatable bonds is 6. The number of anilines is 1. The Balaban J connectivity index is 2.18. The van der Waals surface area contributed by atoms with Crippen molar-refractivity contribution < 1.29 is 22.8 Å². The smallest absolute Gasteiger partial charge is 0.416 e. The molecule has 0 spiro atoms. The van der Waals surface area contributed by atoms with Crippen LogP contribution in [0.3, 0.4) is 0 Å². The van der Waals surface area contributed by atoms with Gasteiger partial charge in [-0.25, -0.2) is 0 Å². The Bertz CT molecular complexity index is 870. The van der Waals surface area contributed by atoms with Crippen molar-refractivity contribution in [2.75, 3.05) is 5.43 Å². The Labute approximate surface area is 161 Å². The Morgan fingerprint density at radius 3 is 2.52 bits per heavy atom. The first-order valence-corrected chi connectivity index (χ1v) is 8.48. The van der Waals surface area contributed by atoms with Crippen LogP contribution in [0.15, 0.2) is 46.0 Å². The van der Waals surface area contributed by atoms with Crippen LogP contribution in [0, 0.1) is 10.1 Å². The number of halogens is 4. The quantitative estimate of drug-likeness (QED) is 0.356. The lowest BCUT2D eigenvalue weighted by Gasteiger charge is -2.11. The second-order valence-corrected chi connectivity index (χ2v) is 6.57. The molecule has 0 radical (unpaired) electrons. The van der Waals surface area contributed by atoms with E-state index >= 15 is 0 Å². The van der Waals surface area contributed by atoms with Gasteiger partial charge in [0.2, 0.25) is 0 Å². The van der Waals surface area contributed by atoms with Crippen molar-refractivity contribution in [3.63, 3.8) is 0 Å². The summed E-state index contributed by atoms with van der Waals surface area (Å²) in [5, 5.41) is 14.9. The molecular formula is C17H15BrF3N3O3. The topological polar surface area (TPSA) is 76.8 Å². The number of nitro groups is 1. The molecule has 1 N–H and O–H groups in total. The summed E-state index contributed by atoms with van der Waals surface area (Å²) in [5.41, 5.74) is 1.08. The van der Waals surface area contributed by atoms with Gasteiger partial charge in [-0.2, -0.15) is 18.3 Å². The molecule has 144 valence electrons. The third-order valence-electron chi connectivity index (χ3n) is 3.24. The van der Waals surface area contributed by atoms with Crippen LogP contribution in [0.1, 0.15) is 25.0 Å². The van der Waals surface area contributed by atoms with Crippen LogP contribution in [0.25, 0.3) is 0 Å². The van der Waals surface area contributed by atoms with E-state index in [2.05, 4.69) is 26.5 Å². The van der Waals surface area contributed by atoms with Gasteiger partial charge in [0.15, 0.2) is 0 Å². The number of benzene rings is 2. The zero-order valence-electron chi connectivity index (χ0n) is 14.2. The normalized spacial score (nSPS) is 11.8. The molecule has 10 heteroatoms. The zero-order chi connectivity index (χ0) is 20.2. The van der Waals surface area contributed by atoms with E-state index in [0.29, 0.717) is 21.9 Å². The van der Waals surface area contributed by atoms with Crippen LogP contribution in [-0.4, -0.2) is 17.2 Å². The number of alkyl halides is 3. The van der Waals surface area contributed by atoms with Crippen molar-refractivity contribution in [2.24, 2.45) is 5.10 Å². The minimum atomic E-state index is -4.67. The fourth-order valence-corrected chi connectivity index (χ4v) is 2.57. The molecule has 0 saturated carbocycles. The summed E-state index contributed by atoms with van der Waals surface area (Å²) >= 11 is 3.37. The first-order chi connectivity index (χ1) is 12.6. The highest BCUT2D eigenvalue weighted by molar-refractivity contribution is 9.10. The van der Waals surface area contributed by atoms with Crippen LogP contribution in [-0.2, 0) is 6.18 Å². The molecule has 0 bridgehead atoms. The van der Waals surface area contributed by atoms with Crippen LogP contribution >= 0.6 is 15.9 Å². The first-order valence-electron chi connectivity index (χ1n) is 7.69. The third kappa shape index (κ3) is 5.68. The molecule has 0 aliphatic rings. The standard InChI is InChI=1S/C17H15BrF3N3O3/c1-10(2)27-16-6-3-11(7-13(16)18)9-22-23-14-5-4-12(17(19,20)21)8-15(14)24(25)26/h3-10,23H,1-2H3/b22-9-. The molecule has 27 heavy (non-hydrogen) atoms. The van der Waals surface area contributed by atoms with Gasteiger partial charge in [-0.3, -0.25) is 15.5 Å². The van der Waals surface area contributed by atoms with Crippen molar-refractivity contribution in [1.29, 1.82) is 0 Å². The van der Waals surface area contributed by atoms with Crippen molar-refractivity contribution in [3.8, 4) is 5.75 Å². The lowest BCUT2D eigenvalue weighted by Crippen LogP contribution is -2.07. The van der Waals surface area contributed by atoms with Crippen LogP contribution in [0.5, 0.6) is 5.75 Å². The Morgan fingerprint density at radius 2 is 1.96 bits per heavy atom. The highest BCUT2D eigenvalue weighted by Gasteiger charge is 2.33. The molecule has 0 atom stereocenters. The SMILES string of the molecule is CC(C)Oc1ccc(/C=N\Nc2ccc(C(F)(F)F)cc2[N+](=O)[O-])cc1Br. The van der Waals surface area contributed by atoms with Gasteiger partial charge in [0.1, 0.15) is 11.4 Å². The van der Waals surface area contributed by atoms with Gasteiger partial charge in [-0.05, 0) is 65.7 Å². The maximum atomic E-state index is 12.7. The maximum Gasteiger partial charge on any atom is 0.416 e. The molecule has 0 heterocycles. The Hall–Kier alpha value is -2.62. The monoisotopic (exact) mass is 445 g/mol. The van der Waals surface area contributed by atoms with Gasteiger partial charge in [-0.15, -0.1) is 0 Å². The van der Waals surface area contributed by atoms with Gasteiger partial charge >= 0.3 is 6.18 Å². The number of ether oxygens (including phenoxy) is 1. The average Bonchev–Trinajstić information content (AvgIpc) is 2.56. The fourth-order valence-electron chi connectivity index (χ4n) is 2.08. The van der Waals surface area contributed by atoms with E-state index in [1.54, 1.807) is 18.2 Å². The largest absolute Gasteiger partial charge is 0.490 e. The number of nitrogens with one attached hydrogen (secondary N) is 1. The minimum absolute atomic E-state index is 0.00250. The number of hydrogen-bond donors (Lipinski definition) is 1. The van der Waals surface area contributed by atoms with Crippen LogP contribution < -0.4 is 10.2 Å². The van der Waals surface area contributed by atoms with Gasteiger partial charge in [0, 0.05) is 6.07 Å². The molecule has 0 unspecified atom stereocenters. The molecule has 2 aromatic carbocycles. The molecular weight excluding hydrogens is 431 g/mol. The molecule has 2 rings (SSSR count). The number of nitro benzene ring substituents is 1. The van der Waals surface area contributed by atoms with Gasteiger partial charge < -0.3 is 4.74 Å². The second kappa shape index (κ2) is 8.38. The highest BCUT2D eigenvalue weighted by atomic mass is 79.9. The molecule has 0 saturated heterocycles. The Morgan fingerprint density at radius 1 is 1.26 bits per heavy atom. The number of nitrogens with zero attached hydrogens (tertiary/aromatic N) is 2. The molecule has 0 fully saturated rings. The van der Waals surface area contributed by atoms with Crippen molar-refractivity contribution in [3.05, 3.63) is 62.1 Å². The van der Waals surface area contributed by atoms with E-state index < -0.39 is 22.4 Å². The summed E-state index contributed by atoms with van der Waals surface area (Å²) in [5.74, 6) is 0.647. The lowest BCUT2D eigenvalue weighted by molar-refractivity contribution is -0.384. The van der Waals surface area contributed by atoms with Crippen molar-refractivity contribution >= 4 is 33.5 Å². The molecule has 0 aromatic heterocycles. The van der Waals surface area contributed by atoms with Crippen molar-refractivity contribution in [2.45, 2.75) is 26.1 Å². The Kier molecular flexibility index (Phi) is 6.42. The summed E-state index contributed by atoms with van der Waals surface area (Å²) < 4.78 is 44.4. The van der Waals surface area contributed by atoms with E-state index in [1.165, 1.54) is 6.21 Å². The predicted octanol–water partition coefficient (Wildman–Crippen LogP) is 5.61. The molecule has 0 amide bonds. The summed E-state index contributed by atoms with van der Waals surface area (Å²) in [4.78, 5) is 10.1. The van der Waals surface area contributed by atoms with E-state index in [-0.39, 0.29) is 11.8 Å². The summed E-state index contributed by atoms with van der Waals surface area (Å²) in [6, 6.07) is 7.35. The zero-order valence-corrected chi connectivity index (χ0v) is 15.8. The molecule has 6 nitrogen and oxygen atoms in total. The summed E-state index contributed by atoms with van der Waals surface area (Å²) in [6.07, 6.45) is -3.29. The van der Waals surface area contributed by atoms with Gasteiger partial charge in [0.25, 0.3) is 5.69 Å². The highest BCUT2D eigenvalue weighted by Crippen LogP contribution is 2.35. The van der Waals surface area contributed by atoms with E-state index in [9.17, 15) is 23.3 Å². The third-order valence-corrected chi connectivity index (χ3v) is 3.86. The lowest BCUT2D eigenvalue weighted by atomic mass is 10.1. The van der Waals surface area contributed by atoms with Crippen molar-refractivity contribution in [1.82, 2.24) is 0 Å². The average molecular weight is 446 g/mol. The van der Waals surface area contributed by atoms with Crippen LogP contribution in [0.2, 0.25) is 0 Å². The minimum Gasteiger partial charge on any atom is -0.490 e. The van der Waals surface area contributed by atoms with E-state index in [1.807, 2.05) is 13.8 Å². The van der Waals surface area contributed by atoms with Gasteiger partial charge in [-0.1, -0.05) is 0 Å². The first kappa shape index (κ1) is 20.7. The second-order valence-electron chi connectivity index (χ2n) is 5.71. The number of hydrazone groups is 1. The fraction of sp³-hybridized carbons (Fsp3) is 0.235. The molecule has 0 aliphatic carbocycles. The molecule has 2 aromatic rings. The maximum absolute atomic E-state index is 12.7. The predicted molar refractivity (Wildman–Crippen MR) is 99.2 cm³/mol. The van der Waals surface area contributed by atoms with Crippen LogP contribution in [0.4, 0.5) is 24.5 Å². The van der Waals surface area contributed by atoms with Gasteiger partial charge in [0.05, 0.1) is 27.3 Å². The van der Waals surface area contributed by atoms with E-state index in [4.69, 9.17) is 4.74 Å².